The van der Waals surface area contributed by atoms with E-state index in [1.54, 1.807) is 0 Å². The fourth-order valence-electron chi connectivity index (χ4n) is 3.08. The van der Waals surface area contributed by atoms with Gasteiger partial charge in [-0.3, -0.25) is 9.59 Å². The van der Waals surface area contributed by atoms with Crippen LogP contribution in [0.25, 0.3) is 0 Å². The van der Waals surface area contributed by atoms with Crippen LogP contribution in [0.1, 0.15) is 52.9 Å². The summed E-state index contributed by atoms with van der Waals surface area (Å²) in [7, 11) is 0. The lowest BCUT2D eigenvalue weighted by atomic mass is 9.66. The summed E-state index contributed by atoms with van der Waals surface area (Å²) in [6.45, 7) is 6.02. The van der Waals surface area contributed by atoms with Crippen LogP contribution in [-0.2, 0) is 14.3 Å². The van der Waals surface area contributed by atoms with Crippen LogP contribution in [0, 0.1) is 16.7 Å². The third kappa shape index (κ3) is 2.60. The molecule has 1 atom stereocenters. The predicted molar refractivity (Wildman–Crippen MR) is 73.6 cm³/mol. The maximum absolute atomic E-state index is 12.4. The number of ether oxygens (including phenoxy) is 1. The number of allylic oxidation sites excluding steroid dienone is 2. The quantitative estimate of drug-likeness (QED) is 0.578. The Hall–Kier alpha value is -1.12. The first-order valence-electron chi connectivity index (χ1n) is 7.24. The number of ketones is 1. The van der Waals surface area contributed by atoms with E-state index < -0.39 is 5.41 Å². The van der Waals surface area contributed by atoms with Crippen molar-refractivity contribution in [1.29, 1.82) is 0 Å². The lowest BCUT2D eigenvalue weighted by Gasteiger charge is -2.36. The molecule has 0 unspecified atom stereocenters. The fourth-order valence-corrected chi connectivity index (χ4v) is 3.08. The lowest BCUT2D eigenvalue weighted by Crippen LogP contribution is -2.40. The molecule has 0 aromatic carbocycles. The van der Waals surface area contributed by atoms with Gasteiger partial charge in [0.1, 0.15) is 0 Å². The number of hydrogen-bond acceptors (Lipinski definition) is 3. The Morgan fingerprint density at radius 3 is 2.37 bits per heavy atom. The fraction of sp³-hybridized carbons (Fsp3) is 0.750. The Labute approximate surface area is 115 Å². The van der Waals surface area contributed by atoms with E-state index in [0.717, 1.165) is 32.1 Å². The average Bonchev–Trinajstić information content (AvgIpc) is 2.96. The van der Waals surface area contributed by atoms with Crippen LogP contribution in [0.3, 0.4) is 0 Å². The van der Waals surface area contributed by atoms with E-state index in [0.29, 0.717) is 0 Å². The molecular formula is C16H24O3. The molecule has 2 aliphatic carbocycles. The van der Waals surface area contributed by atoms with Gasteiger partial charge in [0.05, 0.1) is 5.92 Å². The number of Topliss-reactive ketones (excluding diaryl/α,β-unsaturated/α-hetero) is 1. The molecule has 0 radical (unpaired) electrons. The number of esters is 1. The molecule has 19 heavy (non-hydrogen) atoms. The van der Waals surface area contributed by atoms with Crippen LogP contribution in [0.5, 0.6) is 0 Å². The molecule has 2 aliphatic rings. The highest BCUT2D eigenvalue weighted by Crippen LogP contribution is 2.48. The van der Waals surface area contributed by atoms with Gasteiger partial charge in [0.25, 0.3) is 0 Å². The first kappa shape index (κ1) is 14.3. The van der Waals surface area contributed by atoms with Crippen LogP contribution in [0.15, 0.2) is 12.2 Å². The number of carbonyl (C=O) groups excluding carboxylic acids is 2. The van der Waals surface area contributed by atoms with Crippen molar-refractivity contribution >= 4 is 11.8 Å². The van der Waals surface area contributed by atoms with Gasteiger partial charge >= 0.3 is 5.97 Å². The summed E-state index contributed by atoms with van der Waals surface area (Å²) in [6, 6.07) is 0. The molecule has 0 amide bonds. The molecule has 1 fully saturated rings. The van der Waals surface area contributed by atoms with Gasteiger partial charge in [-0.05, 0) is 24.7 Å². The third-order valence-electron chi connectivity index (χ3n) is 5.13. The Kier molecular flexibility index (Phi) is 3.84. The van der Waals surface area contributed by atoms with Gasteiger partial charge < -0.3 is 4.74 Å². The molecule has 0 bridgehead atoms. The van der Waals surface area contributed by atoms with Crippen molar-refractivity contribution in [2.45, 2.75) is 52.9 Å². The minimum atomic E-state index is -0.442. The molecule has 0 N–H and O–H groups in total. The molecule has 0 spiro atoms. The summed E-state index contributed by atoms with van der Waals surface area (Å²) in [4.78, 5) is 24.2. The molecule has 0 aliphatic heterocycles. The van der Waals surface area contributed by atoms with Crippen molar-refractivity contribution in [1.82, 2.24) is 0 Å². The van der Waals surface area contributed by atoms with Gasteiger partial charge in [-0.25, -0.2) is 0 Å². The SMILES string of the molecule is CC1(C)C=CC[C@@]1(C)C(=O)COC(=O)C1CCCC1. The summed E-state index contributed by atoms with van der Waals surface area (Å²) in [5, 5.41) is 0. The standard InChI is InChI=1S/C16H24O3/c1-15(2)9-6-10-16(15,3)13(17)11-19-14(18)12-7-4-5-8-12/h6,9,12H,4-5,7-8,10-11H2,1-3H3/t16-/m0/s1. The Bertz CT molecular complexity index is 402. The van der Waals surface area contributed by atoms with Crippen LogP contribution >= 0.6 is 0 Å². The molecule has 106 valence electrons. The number of rotatable bonds is 4. The highest BCUT2D eigenvalue weighted by atomic mass is 16.5. The second-order valence-corrected chi connectivity index (χ2v) is 6.67. The third-order valence-corrected chi connectivity index (χ3v) is 5.13. The zero-order valence-corrected chi connectivity index (χ0v) is 12.2. The van der Waals surface area contributed by atoms with Gasteiger partial charge in [0, 0.05) is 5.41 Å². The number of carbonyl (C=O) groups is 2. The van der Waals surface area contributed by atoms with E-state index in [-0.39, 0.29) is 29.7 Å². The first-order chi connectivity index (χ1) is 8.87. The molecule has 1 saturated carbocycles. The van der Waals surface area contributed by atoms with Gasteiger partial charge in [-0.15, -0.1) is 0 Å². The highest BCUT2D eigenvalue weighted by Gasteiger charge is 2.47. The maximum atomic E-state index is 12.4. The minimum absolute atomic E-state index is 0.0234. The first-order valence-corrected chi connectivity index (χ1v) is 7.24. The zero-order valence-electron chi connectivity index (χ0n) is 12.2. The van der Waals surface area contributed by atoms with Crippen molar-refractivity contribution in [3.05, 3.63) is 12.2 Å². The van der Waals surface area contributed by atoms with E-state index in [9.17, 15) is 9.59 Å². The Balaban J connectivity index is 1.89. The Morgan fingerprint density at radius 1 is 1.21 bits per heavy atom. The van der Waals surface area contributed by atoms with Crippen molar-refractivity contribution < 1.29 is 14.3 Å². The van der Waals surface area contributed by atoms with Gasteiger partial charge in [0.2, 0.25) is 0 Å². The van der Waals surface area contributed by atoms with E-state index in [2.05, 4.69) is 26.0 Å². The summed E-state index contributed by atoms with van der Waals surface area (Å²) in [5.74, 6) is -0.123. The smallest absolute Gasteiger partial charge is 0.309 e. The summed E-state index contributed by atoms with van der Waals surface area (Å²) >= 11 is 0. The summed E-state index contributed by atoms with van der Waals surface area (Å²) < 4.78 is 5.24. The predicted octanol–water partition coefficient (Wildman–Crippen LogP) is 3.28. The van der Waals surface area contributed by atoms with Crippen molar-refractivity contribution in [3.63, 3.8) is 0 Å². The molecule has 3 nitrogen and oxygen atoms in total. The average molecular weight is 264 g/mol. The minimum Gasteiger partial charge on any atom is -0.457 e. The van der Waals surface area contributed by atoms with Gasteiger partial charge in [-0.2, -0.15) is 0 Å². The summed E-state index contributed by atoms with van der Waals surface area (Å²) in [6.07, 6.45) is 8.90. The molecule has 0 aromatic heterocycles. The van der Waals surface area contributed by atoms with Crippen LogP contribution in [-0.4, -0.2) is 18.4 Å². The Morgan fingerprint density at radius 2 is 1.84 bits per heavy atom. The van der Waals surface area contributed by atoms with Crippen molar-refractivity contribution in [2.75, 3.05) is 6.61 Å². The number of hydrogen-bond donors (Lipinski definition) is 0. The largest absolute Gasteiger partial charge is 0.457 e. The second-order valence-electron chi connectivity index (χ2n) is 6.67. The van der Waals surface area contributed by atoms with E-state index >= 15 is 0 Å². The van der Waals surface area contributed by atoms with Crippen LogP contribution in [0.4, 0.5) is 0 Å². The summed E-state index contributed by atoms with van der Waals surface area (Å²) in [5.41, 5.74) is -0.604. The molecular weight excluding hydrogens is 240 g/mol. The van der Waals surface area contributed by atoms with E-state index in [1.165, 1.54) is 0 Å². The monoisotopic (exact) mass is 264 g/mol. The van der Waals surface area contributed by atoms with Gasteiger partial charge in [-0.1, -0.05) is 45.8 Å². The maximum Gasteiger partial charge on any atom is 0.309 e. The van der Waals surface area contributed by atoms with Crippen LogP contribution in [0.2, 0.25) is 0 Å². The highest BCUT2D eigenvalue weighted by molar-refractivity contribution is 5.89. The second kappa shape index (κ2) is 5.10. The molecule has 0 aromatic rings. The van der Waals surface area contributed by atoms with Crippen LogP contribution < -0.4 is 0 Å². The van der Waals surface area contributed by atoms with Crippen molar-refractivity contribution in [2.24, 2.45) is 16.7 Å². The molecule has 0 heterocycles. The topological polar surface area (TPSA) is 43.4 Å². The molecule has 2 rings (SSSR count). The zero-order chi connectivity index (χ0) is 14.1. The molecule has 0 saturated heterocycles. The van der Waals surface area contributed by atoms with E-state index in [4.69, 9.17) is 4.74 Å². The normalized spacial score (nSPS) is 29.6. The van der Waals surface area contributed by atoms with Crippen molar-refractivity contribution in [3.8, 4) is 0 Å². The van der Waals surface area contributed by atoms with E-state index in [1.807, 2.05) is 6.92 Å². The molecule has 3 heteroatoms. The lowest BCUT2D eigenvalue weighted by molar-refractivity contribution is -0.155. The van der Waals surface area contributed by atoms with Gasteiger partial charge in [0.15, 0.2) is 12.4 Å².